The number of aromatic amines is 2. The van der Waals surface area contributed by atoms with Crippen LogP contribution in [0.15, 0.2) is 72.8 Å². The Morgan fingerprint density at radius 1 is 0.857 bits per heavy atom. The van der Waals surface area contributed by atoms with Crippen LogP contribution < -0.4 is 16.0 Å². The third-order valence-electron chi connectivity index (χ3n) is 6.05. The number of carbonyl (C=O) groups excluding carboxylic acids is 4. The van der Waals surface area contributed by atoms with Crippen LogP contribution in [0.25, 0.3) is 0 Å². The monoisotopic (exact) mass is 574 g/mol. The number of rotatable bonds is 12. The Kier molecular flexibility index (Phi) is 9.34. The predicted molar refractivity (Wildman–Crippen MR) is 147 cm³/mol. The van der Waals surface area contributed by atoms with Gasteiger partial charge in [-0.15, -0.1) is 5.10 Å². The molecule has 15 nitrogen and oxygen atoms in total. The summed E-state index contributed by atoms with van der Waals surface area (Å²) in [6.07, 6.45) is 0.279. The number of aromatic nitrogens is 4. The number of benzene rings is 2. The van der Waals surface area contributed by atoms with E-state index in [-0.39, 0.29) is 30.0 Å². The number of amides is 3. The second-order valence-corrected chi connectivity index (χ2v) is 9.01. The maximum absolute atomic E-state index is 13.4. The molecule has 2 aromatic carbocycles. The van der Waals surface area contributed by atoms with E-state index in [4.69, 9.17) is 4.74 Å². The molecule has 0 saturated carbocycles. The van der Waals surface area contributed by atoms with Crippen LogP contribution in [0, 0.1) is 10.1 Å². The molecule has 42 heavy (non-hydrogen) atoms. The first-order chi connectivity index (χ1) is 20.2. The maximum atomic E-state index is 13.4. The average Bonchev–Trinajstić information content (AvgIpc) is 3.68. The fourth-order valence-corrected chi connectivity index (χ4v) is 3.96. The van der Waals surface area contributed by atoms with Gasteiger partial charge in [0.1, 0.15) is 17.8 Å². The molecule has 0 unspecified atom stereocenters. The molecule has 2 atom stereocenters. The number of hydrogen-bond acceptors (Lipinski definition) is 9. The van der Waals surface area contributed by atoms with Crippen molar-refractivity contribution < 1.29 is 28.8 Å². The molecule has 2 heterocycles. The fourth-order valence-electron chi connectivity index (χ4n) is 3.96. The van der Waals surface area contributed by atoms with Crippen LogP contribution >= 0.6 is 0 Å². The summed E-state index contributed by atoms with van der Waals surface area (Å²) >= 11 is 0. The van der Waals surface area contributed by atoms with Crippen LogP contribution in [0.2, 0.25) is 0 Å². The molecule has 0 bridgehead atoms. The SMILES string of the molecule is COC(=O)[C@H](Cc1ccccc1)NC(=O)[C@H](Cc1ccccc1)NC(=O)c1cc(NC(=O)c2cc([N+](=O)[O-])[nH]n2)n[nH]1. The largest absolute Gasteiger partial charge is 0.467 e. The Bertz CT molecular complexity index is 1570. The van der Waals surface area contributed by atoms with Crippen LogP contribution in [0.3, 0.4) is 0 Å². The normalized spacial score (nSPS) is 12.0. The van der Waals surface area contributed by atoms with Gasteiger partial charge in [0.05, 0.1) is 13.2 Å². The first-order valence-corrected chi connectivity index (χ1v) is 12.6. The van der Waals surface area contributed by atoms with E-state index in [2.05, 4.69) is 36.3 Å². The van der Waals surface area contributed by atoms with Gasteiger partial charge in [-0.05, 0) is 16.1 Å². The van der Waals surface area contributed by atoms with Crippen molar-refractivity contribution in [3.8, 4) is 0 Å². The zero-order chi connectivity index (χ0) is 30.1. The molecule has 4 aromatic rings. The van der Waals surface area contributed by atoms with Crippen LogP contribution in [-0.2, 0) is 27.2 Å². The summed E-state index contributed by atoms with van der Waals surface area (Å²) in [7, 11) is 1.22. The molecular formula is C27H26N8O7. The second-order valence-electron chi connectivity index (χ2n) is 9.01. The minimum atomic E-state index is -1.10. The topological polar surface area (TPSA) is 214 Å². The Balaban J connectivity index is 1.47. The number of carbonyl (C=O) groups is 4. The van der Waals surface area contributed by atoms with Gasteiger partial charge in [-0.25, -0.2) is 4.79 Å². The Morgan fingerprint density at radius 2 is 1.48 bits per heavy atom. The number of nitrogens with one attached hydrogen (secondary N) is 5. The van der Waals surface area contributed by atoms with Gasteiger partial charge in [0.15, 0.2) is 11.5 Å². The molecule has 3 amide bonds. The third kappa shape index (κ3) is 7.62. The number of hydrogen-bond donors (Lipinski definition) is 5. The van der Waals surface area contributed by atoms with Gasteiger partial charge in [0.25, 0.3) is 11.8 Å². The number of ether oxygens (including phenoxy) is 1. The van der Waals surface area contributed by atoms with Gasteiger partial charge in [-0.3, -0.25) is 19.5 Å². The smallest absolute Gasteiger partial charge is 0.343 e. The molecule has 216 valence electrons. The molecule has 2 aromatic heterocycles. The number of methoxy groups -OCH3 is 1. The summed E-state index contributed by atoms with van der Waals surface area (Å²) < 4.78 is 4.88. The third-order valence-corrected chi connectivity index (χ3v) is 6.05. The number of anilines is 1. The van der Waals surface area contributed by atoms with Crippen LogP contribution in [0.4, 0.5) is 11.6 Å². The van der Waals surface area contributed by atoms with Crippen LogP contribution in [0.5, 0.6) is 0 Å². The van der Waals surface area contributed by atoms with Gasteiger partial charge in [0.2, 0.25) is 5.91 Å². The maximum Gasteiger partial charge on any atom is 0.343 e. The quantitative estimate of drug-likeness (QED) is 0.0941. The predicted octanol–water partition coefficient (Wildman–Crippen LogP) is 1.53. The molecule has 5 N–H and O–H groups in total. The summed E-state index contributed by atoms with van der Waals surface area (Å²) in [6.45, 7) is 0. The number of esters is 1. The van der Waals surface area contributed by atoms with Crippen molar-refractivity contribution in [1.29, 1.82) is 0 Å². The summed E-state index contributed by atoms with van der Waals surface area (Å²) in [5.74, 6) is -3.31. The highest BCUT2D eigenvalue weighted by Gasteiger charge is 2.29. The highest BCUT2D eigenvalue weighted by molar-refractivity contribution is 6.03. The Hall–Kier alpha value is -5.86. The standard InChI is InChI=1S/C27H26N8O7/c1-42-27(39)21(13-17-10-6-3-7-11-17)29-24(36)18(12-16-8-4-2-5-9-16)28-25(37)19-14-22(33-31-19)30-26(38)20-15-23(34-32-20)35(40)41/h2-11,14-15,18,21H,12-13H2,1H3,(H,28,37)(H,29,36)(H,32,34)(H2,30,31,33,38)/t18-,21-/m0/s1. The minimum Gasteiger partial charge on any atom is -0.467 e. The van der Waals surface area contributed by atoms with E-state index < -0.39 is 46.5 Å². The Labute approximate surface area is 238 Å². The number of nitro groups is 1. The average molecular weight is 575 g/mol. The van der Waals surface area contributed by atoms with Crippen molar-refractivity contribution >= 4 is 35.3 Å². The minimum absolute atomic E-state index is 0.0616. The number of nitrogens with zero attached hydrogens (tertiary/aromatic N) is 3. The van der Waals surface area contributed by atoms with Crippen molar-refractivity contribution in [2.24, 2.45) is 0 Å². The molecule has 0 aliphatic rings. The summed E-state index contributed by atoms with van der Waals surface area (Å²) in [4.78, 5) is 61.4. The molecule has 0 radical (unpaired) electrons. The van der Waals surface area contributed by atoms with Gasteiger partial charge >= 0.3 is 11.8 Å². The molecule has 0 aliphatic heterocycles. The van der Waals surface area contributed by atoms with Gasteiger partial charge in [-0.2, -0.15) is 5.10 Å². The zero-order valence-electron chi connectivity index (χ0n) is 22.2. The van der Waals surface area contributed by atoms with Gasteiger partial charge < -0.3 is 30.8 Å². The van der Waals surface area contributed by atoms with Gasteiger partial charge in [0, 0.05) is 18.9 Å². The number of H-pyrrole nitrogens is 2. The van der Waals surface area contributed by atoms with Crippen molar-refractivity contribution in [2.45, 2.75) is 24.9 Å². The molecule has 15 heteroatoms. The second kappa shape index (κ2) is 13.5. The van der Waals surface area contributed by atoms with Crippen LogP contribution in [-0.4, -0.2) is 68.2 Å². The lowest BCUT2D eigenvalue weighted by molar-refractivity contribution is -0.389. The van der Waals surface area contributed by atoms with Gasteiger partial charge in [-0.1, -0.05) is 65.8 Å². The van der Waals surface area contributed by atoms with E-state index in [1.165, 1.54) is 13.2 Å². The van der Waals surface area contributed by atoms with Crippen LogP contribution in [0.1, 0.15) is 32.1 Å². The summed E-state index contributed by atoms with van der Waals surface area (Å²) in [5, 5.41) is 30.5. The van der Waals surface area contributed by atoms with Crippen molar-refractivity contribution in [1.82, 2.24) is 31.0 Å². The molecule has 0 saturated heterocycles. The van der Waals surface area contributed by atoms with Crippen molar-refractivity contribution in [3.05, 3.63) is 105 Å². The van der Waals surface area contributed by atoms with E-state index in [9.17, 15) is 29.3 Å². The fraction of sp³-hybridized carbons (Fsp3) is 0.185. The lowest BCUT2D eigenvalue weighted by Crippen LogP contribution is -2.53. The van der Waals surface area contributed by atoms with E-state index >= 15 is 0 Å². The zero-order valence-corrected chi connectivity index (χ0v) is 22.2. The lowest BCUT2D eigenvalue weighted by Gasteiger charge is -2.22. The highest BCUT2D eigenvalue weighted by atomic mass is 16.6. The van der Waals surface area contributed by atoms with E-state index in [1.807, 2.05) is 36.4 Å². The lowest BCUT2D eigenvalue weighted by atomic mass is 10.0. The van der Waals surface area contributed by atoms with E-state index in [1.54, 1.807) is 24.3 Å². The summed E-state index contributed by atoms with van der Waals surface area (Å²) in [5.41, 5.74) is 1.21. The molecule has 0 aliphatic carbocycles. The Morgan fingerprint density at radius 3 is 2.05 bits per heavy atom. The molecular weight excluding hydrogens is 548 g/mol. The first-order valence-electron chi connectivity index (χ1n) is 12.6. The molecule has 0 fully saturated rings. The first kappa shape index (κ1) is 29.1. The van der Waals surface area contributed by atoms with Crippen molar-refractivity contribution in [3.63, 3.8) is 0 Å². The molecule has 4 rings (SSSR count). The summed E-state index contributed by atoms with van der Waals surface area (Å²) in [6, 6.07) is 18.1. The van der Waals surface area contributed by atoms with E-state index in [0.29, 0.717) is 0 Å². The van der Waals surface area contributed by atoms with E-state index in [0.717, 1.165) is 17.2 Å². The highest BCUT2D eigenvalue weighted by Crippen LogP contribution is 2.13. The van der Waals surface area contributed by atoms with Crippen molar-refractivity contribution in [2.75, 3.05) is 12.4 Å². The molecule has 0 spiro atoms.